The van der Waals surface area contributed by atoms with Crippen molar-refractivity contribution in [2.75, 3.05) is 40.9 Å². The van der Waals surface area contributed by atoms with Crippen LogP contribution in [0.2, 0.25) is 0 Å². The third-order valence-electron chi connectivity index (χ3n) is 15.5. The lowest BCUT2D eigenvalue weighted by atomic mass is 10.0. The van der Waals surface area contributed by atoms with E-state index in [0.717, 1.165) is 44.9 Å². The third-order valence-corrected chi connectivity index (χ3v) is 16.4. The number of phosphoric acid groups is 1. The van der Waals surface area contributed by atoms with Crippen LogP contribution in [0.25, 0.3) is 0 Å². The Balaban J connectivity index is 3.87. The fourth-order valence-corrected chi connectivity index (χ4v) is 11.0. The zero-order valence-corrected chi connectivity index (χ0v) is 52.0. The molecule has 0 saturated carbocycles. The average molecular weight is 1080 g/mol. The van der Waals surface area contributed by atoms with Crippen molar-refractivity contribution in [3.63, 3.8) is 0 Å². The maximum Gasteiger partial charge on any atom is 0.472 e. The molecule has 0 aliphatic rings. The number of carbonyl (C=O) groups excluding carboxylic acids is 1. The number of nitrogens with one attached hydrogen (secondary N) is 1. The molecule has 0 bridgehead atoms. The van der Waals surface area contributed by atoms with Crippen LogP contribution in [0.3, 0.4) is 0 Å². The first-order valence-corrected chi connectivity index (χ1v) is 34.7. The highest BCUT2D eigenvalue weighted by molar-refractivity contribution is 7.47. The lowest BCUT2D eigenvalue weighted by molar-refractivity contribution is -0.870. The minimum atomic E-state index is -4.32. The van der Waals surface area contributed by atoms with E-state index in [1.165, 1.54) is 270 Å². The third kappa shape index (κ3) is 60.5. The van der Waals surface area contributed by atoms with Crippen molar-refractivity contribution in [2.45, 2.75) is 353 Å². The van der Waals surface area contributed by atoms with Crippen LogP contribution >= 0.6 is 7.82 Å². The molecule has 0 spiro atoms. The van der Waals surface area contributed by atoms with Gasteiger partial charge in [0.05, 0.1) is 39.9 Å². The molecule has 0 rings (SSSR count). The maximum absolute atomic E-state index is 13.0. The van der Waals surface area contributed by atoms with Crippen LogP contribution in [-0.4, -0.2) is 73.4 Å². The molecule has 3 atom stereocenters. The number of allylic oxidation sites excluding steroid dienone is 4. The van der Waals surface area contributed by atoms with Crippen molar-refractivity contribution in [2.24, 2.45) is 0 Å². The summed E-state index contributed by atoms with van der Waals surface area (Å²) in [6, 6.07) is -0.758. The lowest BCUT2D eigenvalue weighted by Gasteiger charge is -2.26. The lowest BCUT2D eigenvalue weighted by Crippen LogP contribution is -2.46. The molecule has 0 heterocycles. The van der Waals surface area contributed by atoms with Gasteiger partial charge in [0, 0.05) is 6.42 Å². The second-order valence-electron chi connectivity index (χ2n) is 24.2. The highest BCUT2D eigenvalue weighted by Gasteiger charge is 2.28. The molecule has 3 unspecified atom stereocenters. The summed E-state index contributed by atoms with van der Waals surface area (Å²) >= 11 is 0. The molecular weight excluding hydrogens is 948 g/mol. The van der Waals surface area contributed by atoms with Gasteiger partial charge in [-0.3, -0.25) is 13.8 Å². The standard InChI is InChI=1S/C66H131N2O6P/c1-6-8-10-12-14-16-18-20-22-23-24-25-26-27-28-29-30-31-32-33-34-35-36-37-38-39-40-41-42-43-44-45-46-48-50-52-54-56-58-60-66(70)67-64(63-74-75(71,72)73-62-61-68(3,4)5)65(69)59-57-55-53-51-49-47-21-19-17-15-13-11-9-7-2/h30-31,33-34,64-65,69H,6-29,32,35-63H2,1-5H3,(H-,67,70,71,72)/p+1/b31-30-,34-33-. The van der Waals surface area contributed by atoms with E-state index in [4.69, 9.17) is 9.05 Å². The van der Waals surface area contributed by atoms with Crippen LogP contribution in [0.5, 0.6) is 0 Å². The predicted molar refractivity (Wildman–Crippen MR) is 328 cm³/mol. The smallest absolute Gasteiger partial charge is 0.391 e. The summed E-state index contributed by atoms with van der Waals surface area (Å²) in [5, 5.41) is 14.1. The number of likely N-dealkylation sites (N-methyl/N-ethyl adjacent to an activating group) is 1. The Morgan fingerprint density at radius 1 is 0.453 bits per heavy atom. The van der Waals surface area contributed by atoms with Crippen molar-refractivity contribution in [1.29, 1.82) is 0 Å². The Morgan fingerprint density at radius 2 is 0.760 bits per heavy atom. The second kappa shape index (κ2) is 57.7. The van der Waals surface area contributed by atoms with E-state index in [-0.39, 0.29) is 19.1 Å². The van der Waals surface area contributed by atoms with Crippen molar-refractivity contribution in [1.82, 2.24) is 5.32 Å². The van der Waals surface area contributed by atoms with Crippen molar-refractivity contribution in [3.05, 3.63) is 24.3 Å². The SMILES string of the molecule is CCCCCCCCCCCCCCCCC/C=C\C/C=C\CCCCCCCCCCCCCCCCCCCC(=O)NC(COP(=O)(O)OCC[N+](C)(C)C)C(O)CCCCCCCCCCCCCCCC. The molecule has 0 aromatic heterocycles. The minimum Gasteiger partial charge on any atom is -0.391 e. The Kier molecular flexibility index (Phi) is 56.9. The van der Waals surface area contributed by atoms with Gasteiger partial charge in [0.25, 0.3) is 0 Å². The highest BCUT2D eigenvalue weighted by Crippen LogP contribution is 2.43. The van der Waals surface area contributed by atoms with Gasteiger partial charge in [0.1, 0.15) is 13.2 Å². The largest absolute Gasteiger partial charge is 0.472 e. The number of hydrogen-bond donors (Lipinski definition) is 3. The summed E-state index contributed by atoms with van der Waals surface area (Å²) in [6.45, 7) is 4.93. The van der Waals surface area contributed by atoms with Gasteiger partial charge in [0.2, 0.25) is 5.91 Å². The Bertz CT molecular complexity index is 1270. The minimum absolute atomic E-state index is 0.0768. The molecule has 0 aliphatic heterocycles. The van der Waals surface area contributed by atoms with Gasteiger partial charge in [-0.2, -0.15) is 0 Å². The summed E-state index contributed by atoms with van der Waals surface area (Å²) in [6.07, 6.45) is 74.3. The molecule has 0 radical (unpaired) electrons. The first-order valence-electron chi connectivity index (χ1n) is 33.2. The van der Waals surface area contributed by atoms with Gasteiger partial charge in [-0.25, -0.2) is 4.57 Å². The molecule has 3 N–H and O–H groups in total. The number of nitrogens with zero attached hydrogens (tertiary/aromatic N) is 1. The van der Waals surface area contributed by atoms with Crippen LogP contribution in [-0.2, 0) is 18.4 Å². The van der Waals surface area contributed by atoms with E-state index < -0.39 is 20.0 Å². The monoisotopic (exact) mass is 1080 g/mol. The molecule has 0 saturated heterocycles. The van der Waals surface area contributed by atoms with Gasteiger partial charge in [-0.15, -0.1) is 0 Å². The zero-order chi connectivity index (χ0) is 54.9. The number of amides is 1. The number of aliphatic hydroxyl groups is 1. The summed E-state index contributed by atoms with van der Waals surface area (Å²) in [5.74, 6) is -0.139. The Labute approximate surface area is 468 Å². The first kappa shape index (κ1) is 74.0. The summed E-state index contributed by atoms with van der Waals surface area (Å²) in [5.41, 5.74) is 0. The second-order valence-corrected chi connectivity index (χ2v) is 25.7. The first-order chi connectivity index (χ1) is 36.5. The fourth-order valence-electron chi connectivity index (χ4n) is 10.3. The molecule has 9 heteroatoms. The van der Waals surface area contributed by atoms with Crippen LogP contribution in [0, 0.1) is 0 Å². The van der Waals surface area contributed by atoms with E-state index in [2.05, 4.69) is 43.5 Å². The molecule has 8 nitrogen and oxygen atoms in total. The number of carbonyl (C=O) groups is 1. The molecule has 0 aromatic rings. The average Bonchev–Trinajstić information content (AvgIpc) is 3.37. The maximum atomic E-state index is 13.0. The number of rotatable bonds is 62. The number of phosphoric ester groups is 1. The normalized spacial score (nSPS) is 13.9. The summed E-state index contributed by atoms with van der Waals surface area (Å²) < 4.78 is 23.8. The van der Waals surface area contributed by atoms with E-state index in [1.54, 1.807) is 0 Å². The topological polar surface area (TPSA) is 105 Å². The van der Waals surface area contributed by atoms with Gasteiger partial charge >= 0.3 is 7.82 Å². The van der Waals surface area contributed by atoms with Gasteiger partial charge in [-0.05, 0) is 44.9 Å². The van der Waals surface area contributed by atoms with Gasteiger partial charge in [0.15, 0.2) is 0 Å². The molecule has 1 amide bonds. The van der Waals surface area contributed by atoms with E-state index in [0.29, 0.717) is 23.9 Å². The molecule has 0 aromatic carbocycles. The van der Waals surface area contributed by atoms with Gasteiger partial charge < -0.3 is 19.8 Å². The Morgan fingerprint density at radius 3 is 1.09 bits per heavy atom. The molecular formula is C66H132N2O6P+. The number of quaternary nitrogens is 1. The zero-order valence-electron chi connectivity index (χ0n) is 51.1. The summed E-state index contributed by atoms with van der Waals surface area (Å²) in [4.78, 5) is 23.3. The van der Waals surface area contributed by atoms with Crippen LogP contribution in [0.4, 0.5) is 0 Å². The van der Waals surface area contributed by atoms with Crippen LogP contribution in [0.15, 0.2) is 24.3 Å². The Hall–Kier alpha value is -1.02. The molecule has 0 aliphatic carbocycles. The predicted octanol–water partition coefficient (Wildman–Crippen LogP) is 20.7. The van der Waals surface area contributed by atoms with E-state index in [1.807, 2.05) is 21.1 Å². The van der Waals surface area contributed by atoms with Crippen LogP contribution in [0.1, 0.15) is 341 Å². The summed E-state index contributed by atoms with van der Waals surface area (Å²) in [7, 11) is 1.63. The highest BCUT2D eigenvalue weighted by atomic mass is 31.2. The van der Waals surface area contributed by atoms with Crippen molar-refractivity contribution in [3.8, 4) is 0 Å². The van der Waals surface area contributed by atoms with Crippen molar-refractivity contribution < 1.29 is 32.9 Å². The molecule has 446 valence electrons. The van der Waals surface area contributed by atoms with E-state index in [9.17, 15) is 19.4 Å². The quantitative estimate of drug-likeness (QED) is 0.0243. The number of hydrogen-bond acceptors (Lipinski definition) is 5. The molecule has 75 heavy (non-hydrogen) atoms. The van der Waals surface area contributed by atoms with E-state index >= 15 is 0 Å². The molecule has 0 fully saturated rings. The number of aliphatic hydroxyl groups excluding tert-OH is 1. The van der Waals surface area contributed by atoms with Crippen molar-refractivity contribution >= 4 is 13.7 Å². The fraction of sp³-hybridized carbons (Fsp3) is 0.924. The van der Waals surface area contributed by atoms with Crippen LogP contribution < -0.4 is 5.32 Å². The number of unbranched alkanes of at least 4 members (excludes halogenated alkanes) is 45. The van der Waals surface area contributed by atoms with Gasteiger partial charge in [-0.1, -0.05) is 314 Å².